The number of nitrogens with one attached hydrogen (secondary N) is 1. The Hall–Kier alpha value is -0.940. The van der Waals surface area contributed by atoms with Crippen LogP contribution in [0.1, 0.15) is 45.4 Å². The Balaban J connectivity index is 2.41. The van der Waals surface area contributed by atoms with Gasteiger partial charge in [0, 0.05) is 6.20 Å². The molecular formula is C17H27FIN3O8. The summed E-state index contributed by atoms with van der Waals surface area (Å²) in [5.74, 6) is -3.23. The Labute approximate surface area is 184 Å². The van der Waals surface area contributed by atoms with Gasteiger partial charge in [-0.1, -0.05) is 32.6 Å². The molecule has 1 unspecified atom stereocenters. The zero-order valence-electron chi connectivity index (χ0n) is 16.4. The van der Waals surface area contributed by atoms with E-state index in [9.17, 15) is 39.6 Å². The van der Waals surface area contributed by atoms with Crippen molar-refractivity contribution in [3.63, 3.8) is 0 Å². The standard InChI is InChI=1S/C17H27FIN3O8/c1-2-3-4-5-6-7-12(18)22(29)16(27)13(24)11(9-23)30-17(16,28)21-8-10(19)14(25)20-15(21)26/h8,11-13,23-24,27-29H,2-7,9H2,1H3,(H,20,25,26)/t11-,12?,13-,16-,17-/m1/s1. The van der Waals surface area contributed by atoms with Gasteiger partial charge in [0.1, 0.15) is 12.2 Å². The minimum absolute atomic E-state index is 0.106. The minimum atomic E-state index is -3.28. The van der Waals surface area contributed by atoms with Crippen LogP contribution in [0.15, 0.2) is 15.8 Å². The van der Waals surface area contributed by atoms with Crippen LogP contribution in [0.2, 0.25) is 0 Å². The molecule has 13 heteroatoms. The molecule has 1 fully saturated rings. The van der Waals surface area contributed by atoms with Gasteiger partial charge in [-0.3, -0.25) is 9.78 Å². The van der Waals surface area contributed by atoms with E-state index in [2.05, 4.69) is 0 Å². The van der Waals surface area contributed by atoms with Gasteiger partial charge in [-0.25, -0.2) is 13.8 Å². The van der Waals surface area contributed by atoms with Gasteiger partial charge in [0.25, 0.3) is 5.56 Å². The summed E-state index contributed by atoms with van der Waals surface area (Å²) < 4.78 is 20.0. The third-order valence-electron chi connectivity index (χ3n) is 5.13. The lowest BCUT2D eigenvalue weighted by atomic mass is 10.00. The van der Waals surface area contributed by atoms with E-state index in [0.29, 0.717) is 17.4 Å². The number of aliphatic hydroxyl groups is 4. The van der Waals surface area contributed by atoms with E-state index in [0.717, 1.165) is 25.5 Å². The van der Waals surface area contributed by atoms with Crippen molar-refractivity contribution in [3.05, 3.63) is 30.6 Å². The molecule has 30 heavy (non-hydrogen) atoms. The average Bonchev–Trinajstić information content (AvgIpc) is 2.91. The largest absolute Gasteiger partial charge is 0.394 e. The van der Waals surface area contributed by atoms with Gasteiger partial charge in [0.15, 0.2) is 6.30 Å². The first-order valence-electron chi connectivity index (χ1n) is 9.60. The number of unbranched alkanes of at least 4 members (excludes halogenated alkanes) is 4. The summed E-state index contributed by atoms with van der Waals surface area (Å²) in [5, 5.41) is 52.0. The first-order valence-corrected chi connectivity index (χ1v) is 10.7. The first-order chi connectivity index (χ1) is 14.0. The monoisotopic (exact) mass is 547 g/mol. The third kappa shape index (κ3) is 4.48. The number of halogens is 2. The number of aliphatic hydroxyl groups excluding tert-OH is 2. The summed E-state index contributed by atoms with van der Waals surface area (Å²) in [6, 6.07) is 0. The maximum atomic E-state index is 14.7. The number of nitrogens with zero attached hydrogens (tertiary/aromatic N) is 2. The average molecular weight is 547 g/mol. The molecule has 11 nitrogen and oxygen atoms in total. The molecule has 2 rings (SSSR count). The van der Waals surface area contributed by atoms with E-state index in [1.54, 1.807) is 0 Å². The second-order valence-electron chi connectivity index (χ2n) is 7.21. The number of hydrogen-bond acceptors (Lipinski definition) is 9. The SMILES string of the molecule is CCCCCCCC(F)N(O)[C@@]1(O)[C@H](O)[C@@H](CO)O[C@@]1(O)n1cc(I)c(=O)[nH]c1=O. The highest BCUT2D eigenvalue weighted by Crippen LogP contribution is 2.44. The van der Waals surface area contributed by atoms with Crippen molar-refractivity contribution < 1.29 is 34.8 Å². The zero-order valence-corrected chi connectivity index (χ0v) is 18.5. The summed E-state index contributed by atoms with van der Waals surface area (Å²) in [5.41, 5.74) is -5.33. The Morgan fingerprint density at radius 3 is 2.57 bits per heavy atom. The van der Waals surface area contributed by atoms with Crippen LogP contribution in [-0.4, -0.2) is 71.1 Å². The van der Waals surface area contributed by atoms with Crippen LogP contribution < -0.4 is 11.2 Å². The van der Waals surface area contributed by atoms with Crippen molar-refractivity contribution >= 4 is 22.6 Å². The van der Waals surface area contributed by atoms with Crippen LogP contribution in [0.5, 0.6) is 0 Å². The number of aromatic amines is 1. The second-order valence-corrected chi connectivity index (χ2v) is 8.37. The Kier molecular flexibility index (Phi) is 8.54. The highest BCUT2D eigenvalue weighted by atomic mass is 127. The molecule has 1 aromatic rings. The van der Waals surface area contributed by atoms with E-state index < -0.39 is 48.0 Å². The van der Waals surface area contributed by atoms with Gasteiger partial charge in [-0.05, 0) is 35.4 Å². The summed E-state index contributed by atoms with van der Waals surface area (Å²) >= 11 is 1.54. The van der Waals surface area contributed by atoms with Gasteiger partial charge in [-0.2, -0.15) is 0 Å². The zero-order chi connectivity index (χ0) is 22.7. The predicted octanol–water partition coefficient (Wildman–Crippen LogP) is -0.468. The minimum Gasteiger partial charge on any atom is -0.394 e. The molecule has 0 bridgehead atoms. The van der Waals surface area contributed by atoms with Crippen LogP contribution >= 0.6 is 22.6 Å². The highest BCUT2D eigenvalue weighted by Gasteiger charge is 2.71. The third-order valence-corrected chi connectivity index (χ3v) is 5.89. The number of rotatable bonds is 10. The fourth-order valence-electron chi connectivity index (χ4n) is 3.39. The highest BCUT2D eigenvalue weighted by molar-refractivity contribution is 14.1. The Bertz CT molecular complexity index is 838. The van der Waals surface area contributed by atoms with Crippen LogP contribution in [0, 0.1) is 3.57 Å². The van der Waals surface area contributed by atoms with Crippen molar-refractivity contribution in [3.8, 4) is 0 Å². The number of alkyl halides is 1. The quantitative estimate of drug-likeness (QED) is 0.0746. The van der Waals surface area contributed by atoms with E-state index in [1.807, 2.05) is 11.9 Å². The van der Waals surface area contributed by atoms with Crippen LogP contribution in [0.4, 0.5) is 4.39 Å². The lowest BCUT2D eigenvalue weighted by Gasteiger charge is -2.43. The van der Waals surface area contributed by atoms with Gasteiger partial charge in [0.2, 0.25) is 5.72 Å². The number of ether oxygens (including phenoxy) is 1. The fourth-order valence-corrected chi connectivity index (χ4v) is 3.81. The van der Waals surface area contributed by atoms with Crippen molar-refractivity contribution in [2.45, 2.75) is 75.6 Å². The fraction of sp³-hybridized carbons (Fsp3) is 0.765. The molecule has 0 aromatic carbocycles. The molecule has 0 saturated carbocycles. The molecule has 5 atom stereocenters. The molecule has 0 radical (unpaired) electrons. The van der Waals surface area contributed by atoms with Gasteiger partial charge < -0.3 is 30.4 Å². The summed E-state index contributed by atoms with van der Waals surface area (Å²) in [7, 11) is 0. The summed E-state index contributed by atoms with van der Waals surface area (Å²) in [4.78, 5) is 25.7. The van der Waals surface area contributed by atoms with Crippen LogP contribution in [0.3, 0.4) is 0 Å². The number of H-pyrrole nitrogens is 1. The molecule has 1 aliphatic rings. The van der Waals surface area contributed by atoms with E-state index in [4.69, 9.17) is 4.74 Å². The predicted molar refractivity (Wildman–Crippen MR) is 109 cm³/mol. The van der Waals surface area contributed by atoms with Crippen LogP contribution in [-0.2, 0) is 10.6 Å². The number of aromatic nitrogens is 2. The lowest BCUT2D eigenvalue weighted by Crippen LogP contribution is -2.69. The molecule has 1 saturated heterocycles. The van der Waals surface area contributed by atoms with Crippen molar-refractivity contribution in [2.24, 2.45) is 0 Å². The van der Waals surface area contributed by atoms with Gasteiger partial charge in [0.05, 0.1) is 10.2 Å². The molecule has 1 aromatic heterocycles. The number of hydroxylamine groups is 2. The maximum Gasteiger partial charge on any atom is 0.332 e. The lowest BCUT2D eigenvalue weighted by molar-refractivity contribution is -0.428. The Morgan fingerprint density at radius 1 is 1.33 bits per heavy atom. The molecule has 1 aliphatic heterocycles. The second kappa shape index (κ2) is 10.1. The molecule has 2 heterocycles. The number of hydrogen-bond donors (Lipinski definition) is 6. The maximum absolute atomic E-state index is 14.7. The Morgan fingerprint density at radius 2 is 1.97 bits per heavy atom. The normalized spacial score (nSPS) is 30.2. The van der Waals surface area contributed by atoms with Gasteiger partial charge in [-0.15, -0.1) is 5.06 Å². The topological polar surface area (TPSA) is 168 Å². The molecule has 172 valence electrons. The summed E-state index contributed by atoms with van der Waals surface area (Å²) in [6.07, 6.45) is -1.75. The van der Waals surface area contributed by atoms with Crippen LogP contribution in [0.25, 0.3) is 0 Å². The molecule has 0 amide bonds. The van der Waals surface area contributed by atoms with E-state index >= 15 is 0 Å². The first kappa shape index (κ1) is 25.3. The molecule has 0 aliphatic carbocycles. The molecule has 0 spiro atoms. The van der Waals surface area contributed by atoms with Crippen molar-refractivity contribution in [2.75, 3.05) is 6.61 Å². The van der Waals surface area contributed by atoms with Crippen molar-refractivity contribution in [1.29, 1.82) is 0 Å². The smallest absolute Gasteiger partial charge is 0.332 e. The van der Waals surface area contributed by atoms with E-state index in [-0.39, 0.29) is 15.1 Å². The molecule has 6 N–H and O–H groups in total. The summed E-state index contributed by atoms with van der Waals surface area (Å²) in [6.45, 7) is 1.09. The van der Waals surface area contributed by atoms with Crippen molar-refractivity contribution in [1.82, 2.24) is 14.6 Å². The van der Waals surface area contributed by atoms with Gasteiger partial charge >= 0.3 is 11.6 Å². The van der Waals surface area contributed by atoms with E-state index in [1.165, 1.54) is 22.6 Å². The molecular weight excluding hydrogens is 520 g/mol.